The van der Waals surface area contributed by atoms with Crippen molar-refractivity contribution >= 4 is 15.4 Å². The fourth-order valence-electron chi connectivity index (χ4n) is 1.32. The highest BCUT2D eigenvalue weighted by atomic mass is 32.2. The summed E-state index contributed by atoms with van der Waals surface area (Å²) in [4.78, 5) is 0. The Balaban J connectivity index is 2.71. The highest BCUT2D eigenvalue weighted by molar-refractivity contribution is 7.95. The number of halogens is 5. The quantitative estimate of drug-likeness (QED) is 0.438. The van der Waals surface area contributed by atoms with Crippen molar-refractivity contribution < 1.29 is 26.2 Å². The predicted octanol–water partition coefficient (Wildman–Crippen LogP) is 2.89. The van der Waals surface area contributed by atoms with Crippen LogP contribution in [0.25, 0.3) is 0 Å². The molecule has 8 heteroatoms. The van der Waals surface area contributed by atoms with Gasteiger partial charge in [0.1, 0.15) is 0 Å². The molecule has 1 aliphatic rings. The van der Waals surface area contributed by atoms with Crippen LogP contribution in [0.1, 0.15) is 6.42 Å². The van der Waals surface area contributed by atoms with E-state index in [-0.39, 0.29) is 11.5 Å². The molecule has 1 aromatic carbocycles. The topological polar surface area (TPSA) is 29.4 Å². The second-order valence-electron chi connectivity index (χ2n) is 3.54. The monoisotopic (exact) mass is 271 g/mol. The summed E-state index contributed by atoms with van der Waals surface area (Å²) in [5, 5.41) is 0. The van der Waals surface area contributed by atoms with Crippen LogP contribution in [0, 0.1) is 29.1 Å². The molecule has 0 spiro atoms. The Morgan fingerprint density at radius 3 is 1.59 bits per heavy atom. The van der Waals surface area contributed by atoms with Gasteiger partial charge in [0.15, 0.2) is 29.0 Å². The number of benzene rings is 1. The zero-order chi connectivity index (χ0) is 12.8. The van der Waals surface area contributed by atoms with Crippen LogP contribution in [0.3, 0.4) is 0 Å². The average Bonchev–Trinajstić information content (AvgIpc) is 2.27. The van der Waals surface area contributed by atoms with Gasteiger partial charge >= 0.3 is 0 Å². The van der Waals surface area contributed by atoms with E-state index >= 15 is 0 Å². The molecule has 0 aliphatic carbocycles. The third kappa shape index (κ3) is 1.90. The first-order valence-corrected chi connectivity index (χ1v) is 6.45. The summed E-state index contributed by atoms with van der Waals surface area (Å²) in [5.41, 5.74) is -1.34. The van der Waals surface area contributed by atoms with Crippen molar-refractivity contribution in [2.45, 2.75) is 6.42 Å². The minimum Gasteiger partial charge on any atom is -0.249 e. The molecule has 17 heavy (non-hydrogen) atoms. The fourth-order valence-corrected chi connectivity index (χ4v) is 2.78. The van der Waals surface area contributed by atoms with Crippen LogP contribution < -0.4 is 0 Å². The van der Waals surface area contributed by atoms with E-state index in [1.54, 1.807) is 0 Å². The lowest BCUT2D eigenvalue weighted by atomic mass is 10.2. The standard InChI is InChI=1S/C9H6F5NOS/c10-4-5(11)7(13)9(8(14)6(4)12)15-17(16)2-1-3-17/h1-3H2. The molecule has 1 aliphatic heterocycles. The van der Waals surface area contributed by atoms with Crippen LogP contribution in [-0.4, -0.2) is 15.7 Å². The molecule has 0 radical (unpaired) electrons. The SMILES string of the molecule is O=S1(=Nc2c(F)c(F)c(F)c(F)c2F)CCC1. The van der Waals surface area contributed by atoms with Gasteiger partial charge < -0.3 is 0 Å². The Labute approximate surface area is 93.6 Å². The largest absolute Gasteiger partial charge is 0.249 e. The summed E-state index contributed by atoms with van der Waals surface area (Å²) < 4.78 is 79.3. The molecule has 0 saturated carbocycles. The van der Waals surface area contributed by atoms with Crippen LogP contribution in [0.2, 0.25) is 0 Å². The minimum absolute atomic E-state index is 0.104. The van der Waals surface area contributed by atoms with E-state index in [0.717, 1.165) is 0 Å². The normalized spacial score (nSPS) is 17.7. The van der Waals surface area contributed by atoms with Crippen LogP contribution in [-0.2, 0) is 9.73 Å². The molecule has 0 amide bonds. The summed E-state index contributed by atoms with van der Waals surface area (Å²) in [6, 6.07) is 0. The Morgan fingerprint density at radius 1 is 0.824 bits per heavy atom. The first-order chi connectivity index (χ1) is 7.86. The van der Waals surface area contributed by atoms with Crippen molar-refractivity contribution in [3.8, 4) is 0 Å². The number of hydrogen-bond donors (Lipinski definition) is 0. The van der Waals surface area contributed by atoms with Crippen LogP contribution >= 0.6 is 0 Å². The van der Waals surface area contributed by atoms with Gasteiger partial charge in [0.2, 0.25) is 5.82 Å². The molecular weight excluding hydrogens is 265 g/mol. The van der Waals surface area contributed by atoms with Gasteiger partial charge in [-0.1, -0.05) is 0 Å². The third-order valence-electron chi connectivity index (χ3n) is 2.37. The maximum Gasteiger partial charge on any atom is 0.200 e. The molecule has 0 N–H and O–H groups in total. The van der Waals surface area contributed by atoms with E-state index in [9.17, 15) is 26.2 Å². The van der Waals surface area contributed by atoms with E-state index in [2.05, 4.69) is 4.36 Å². The van der Waals surface area contributed by atoms with Crippen LogP contribution in [0.15, 0.2) is 4.36 Å². The zero-order valence-electron chi connectivity index (χ0n) is 8.27. The Kier molecular flexibility index (Phi) is 2.84. The van der Waals surface area contributed by atoms with Gasteiger partial charge in [-0.3, -0.25) is 0 Å². The van der Waals surface area contributed by atoms with Gasteiger partial charge in [0, 0.05) is 11.5 Å². The second-order valence-corrected chi connectivity index (χ2v) is 6.09. The van der Waals surface area contributed by atoms with Gasteiger partial charge in [-0.25, -0.2) is 26.2 Å². The van der Waals surface area contributed by atoms with E-state index in [4.69, 9.17) is 0 Å². The summed E-state index contributed by atoms with van der Waals surface area (Å²) in [6.07, 6.45) is 0.553. The molecule has 0 bridgehead atoms. The first-order valence-electron chi connectivity index (χ1n) is 4.60. The predicted molar refractivity (Wildman–Crippen MR) is 50.8 cm³/mol. The van der Waals surface area contributed by atoms with E-state index < -0.39 is 44.5 Å². The van der Waals surface area contributed by atoms with E-state index in [1.807, 2.05) is 0 Å². The lowest BCUT2D eigenvalue weighted by molar-refractivity contribution is 0.381. The molecule has 1 fully saturated rings. The lowest BCUT2D eigenvalue weighted by Gasteiger charge is -2.18. The Hall–Kier alpha value is -1.18. The smallest absolute Gasteiger partial charge is 0.200 e. The van der Waals surface area contributed by atoms with E-state index in [0.29, 0.717) is 6.42 Å². The minimum atomic E-state index is -2.84. The highest BCUT2D eigenvalue weighted by Crippen LogP contribution is 2.31. The molecule has 0 atom stereocenters. The highest BCUT2D eigenvalue weighted by Gasteiger charge is 2.28. The number of rotatable bonds is 1. The number of hydrogen-bond acceptors (Lipinski definition) is 2. The molecule has 0 unspecified atom stereocenters. The molecule has 2 rings (SSSR count). The second kappa shape index (κ2) is 3.94. The summed E-state index contributed by atoms with van der Waals surface area (Å²) in [7, 11) is -2.84. The van der Waals surface area contributed by atoms with Gasteiger partial charge in [0.05, 0.1) is 9.73 Å². The third-order valence-corrected chi connectivity index (χ3v) is 4.74. The van der Waals surface area contributed by atoms with Gasteiger partial charge in [-0.15, -0.1) is 0 Å². The molecule has 1 aromatic rings. The Morgan fingerprint density at radius 2 is 1.24 bits per heavy atom. The van der Waals surface area contributed by atoms with Crippen molar-refractivity contribution in [1.82, 2.24) is 0 Å². The van der Waals surface area contributed by atoms with Crippen LogP contribution in [0.4, 0.5) is 27.6 Å². The van der Waals surface area contributed by atoms with Crippen molar-refractivity contribution in [1.29, 1.82) is 0 Å². The van der Waals surface area contributed by atoms with Gasteiger partial charge in [0.25, 0.3) is 0 Å². The molecule has 1 heterocycles. The fraction of sp³-hybridized carbons (Fsp3) is 0.333. The Bertz CT molecular complexity index is 567. The summed E-state index contributed by atoms with van der Waals surface area (Å²) in [6.45, 7) is 0. The zero-order valence-corrected chi connectivity index (χ0v) is 9.09. The number of nitrogens with zero attached hydrogens (tertiary/aromatic N) is 1. The molecule has 2 nitrogen and oxygen atoms in total. The van der Waals surface area contributed by atoms with Crippen LogP contribution in [0.5, 0.6) is 0 Å². The van der Waals surface area contributed by atoms with Crippen molar-refractivity contribution in [3.63, 3.8) is 0 Å². The van der Waals surface area contributed by atoms with Gasteiger partial charge in [-0.2, -0.15) is 4.36 Å². The lowest BCUT2D eigenvalue weighted by Crippen LogP contribution is -2.23. The maximum atomic E-state index is 13.2. The molecular formula is C9H6F5NOS. The van der Waals surface area contributed by atoms with Crippen molar-refractivity contribution in [3.05, 3.63) is 29.1 Å². The molecule has 94 valence electrons. The maximum absolute atomic E-state index is 13.2. The first kappa shape index (κ1) is 12.3. The van der Waals surface area contributed by atoms with Gasteiger partial charge in [-0.05, 0) is 6.42 Å². The van der Waals surface area contributed by atoms with Crippen molar-refractivity contribution in [2.75, 3.05) is 11.5 Å². The van der Waals surface area contributed by atoms with Crippen molar-refractivity contribution in [2.24, 2.45) is 4.36 Å². The van der Waals surface area contributed by atoms with E-state index in [1.165, 1.54) is 0 Å². The molecule has 0 aromatic heterocycles. The molecule has 1 saturated heterocycles. The average molecular weight is 271 g/mol. The summed E-state index contributed by atoms with van der Waals surface area (Å²) in [5.74, 6) is -10.3. The summed E-state index contributed by atoms with van der Waals surface area (Å²) >= 11 is 0.